The minimum Gasteiger partial charge on any atom is -0.489 e. The maximum absolute atomic E-state index is 6.66. The molecule has 4 nitrogen and oxygen atoms in total. The molecule has 0 radical (unpaired) electrons. The van der Waals surface area contributed by atoms with Crippen molar-refractivity contribution in [1.82, 2.24) is 10.2 Å². The third kappa shape index (κ3) is 6.66. The first-order valence-corrected chi connectivity index (χ1v) is 14.4. The van der Waals surface area contributed by atoms with Gasteiger partial charge in [-0.05, 0) is 54.9 Å². The molecule has 1 aliphatic heterocycles. The molecular formula is C26H40N2O2Si. The number of ether oxygens (including phenoxy) is 1. The lowest BCUT2D eigenvalue weighted by Crippen LogP contribution is -2.44. The maximum atomic E-state index is 6.66. The van der Waals surface area contributed by atoms with Gasteiger partial charge in [0.25, 0.3) is 0 Å². The Morgan fingerprint density at radius 3 is 2.52 bits per heavy atom. The second kappa shape index (κ2) is 10.3. The molecular weight excluding hydrogens is 400 g/mol. The molecule has 1 fully saturated rings. The molecule has 1 saturated heterocycles. The van der Waals surface area contributed by atoms with Crippen molar-refractivity contribution in [1.29, 1.82) is 0 Å². The van der Waals surface area contributed by atoms with Crippen LogP contribution in [0, 0.1) is 0 Å². The van der Waals surface area contributed by atoms with E-state index in [1.54, 1.807) is 0 Å². The van der Waals surface area contributed by atoms with E-state index in [4.69, 9.17) is 9.16 Å². The van der Waals surface area contributed by atoms with Gasteiger partial charge in [0, 0.05) is 25.7 Å². The van der Waals surface area contributed by atoms with Crippen LogP contribution in [-0.2, 0) is 11.0 Å². The SMILES string of the molecule is CN[C@H](CN1CC[C@@H](O[Si](C)(C)C(C)(C)C)C1)c1cccc(OCc2ccccc2)c1. The van der Waals surface area contributed by atoms with Crippen LogP contribution in [0.4, 0.5) is 0 Å². The molecule has 0 aliphatic carbocycles. The van der Waals surface area contributed by atoms with Gasteiger partial charge in [0.1, 0.15) is 12.4 Å². The van der Waals surface area contributed by atoms with Gasteiger partial charge in [0.15, 0.2) is 8.32 Å². The molecule has 2 aromatic carbocycles. The Bertz CT molecular complexity index is 820. The number of hydrogen-bond acceptors (Lipinski definition) is 4. The molecule has 170 valence electrons. The topological polar surface area (TPSA) is 33.7 Å². The quantitative estimate of drug-likeness (QED) is 0.513. The Balaban J connectivity index is 1.56. The second-order valence-electron chi connectivity index (χ2n) is 10.2. The summed E-state index contributed by atoms with van der Waals surface area (Å²) in [6.07, 6.45) is 1.49. The van der Waals surface area contributed by atoms with Gasteiger partial charge in [-0.2, -0.15) is 0 Å². The highest BCUT2D eigenvalue weighted by Gasteiger charge is 2.40. The first kappa shape index (κ1) is 24.0. The molecule has 0 bridgehead atoms. The van der Waals surface area contributed by atoms with E-state index < -0.39 is 8.32 Å². The zero-order valence-electron chi connectivity index (χ0n) is 20.2. The molecule has 5 heteroatoms. The molecule has 1 heterocycles. The fourth-order valence-corrected chi connectivity index (χ4v) is 5.22. The average molecular weight is 441 g/mol. The fraction of sp³-hybridized carbons (Fsp3) is 0.538. The van der Waals surface area contributed by atoms with Crippen LogP contribution in [0.3, 0.4) is 0 Å². The monoisotopic (exact) mass is 440 g/mol. The molecule has 2 aromatic rings. The number of nitrogens with zero attached hydrogens (tertiary/aromatic N) is 1. The van der Waals surface area contributed by atoms with E-state index in [1.807, 2.05) is 31.3 Å². The summed E-state index contributed by atoms with van der Waals surface area (Å²) >= 11 is 0. The van der Waals surface area contributed by atoms with E-state index in [0.29, 0.717) is 12.7 Å². The number of rotatable bonds is 9. The van der Waals surface area contributed by atoms with Crippen LogP contribution in [0.25, 0.3) is 0 Å². The van der Waals surface area contributed by atoms with Gasteiger partial charge in [-0.15, -0.1) is 0 Å². The first-order valence-electron chi connectivity index (χ1n) is 11.5. The predicted octanol–water partition coefficient (Wildman–Crippen LogP) is 5.62. The van der Waals surface area contributed by atoms with E-state index >= 15 is 0 Å². The standard InChI is InChI=1S/C26H40N2O2Si/c1-26(2,3)31(5,6)30-24-15-16-28(18-24)19-25(27-4)22-13-10-14-23(17-22)29-20-21-11-8-7-9-12-21/h7-14,17,24-25,27H,15-16,18-20H2,1-6H3/t24-,25-/m1/s1. The van der Waals surface area contributed by atoms with E-state index in [-0.39, 0.29) is 11.1 Å². The van der Waals surface area contributed by atoms with Gasteiger partial charge < -0.3 is 14.5 Å². The first-order chi connectivity index (χ1) is 14.7. The molecule has 3 rings (SSSR count). The molecule has 1 aliphatic rings. The molecule has 0 unspecified atom stereocenters. The lowest BCUT2D eigenvalue weighted by Gasteiger charge is -2.38. The number of nitrogens with one attached hydrogen (secondary N) is 1. The molecule has 0 spiro atoms. The highest BCUT2D eigenvalue weighted by atomic mass is 28.4. The number of likely N-dealkylation sites (N-methyl/N-ethyl adjacent to an activating group) is 1. The van der Waals surface area contributed by atoms with Gasteiger partial charge in [0.05, 0.1) is 6.10 Å². The number of likely N-dealkylation sites (tertiary alicyclic amines) is 1. The number of benzene rings is 2. The lowest BCUT2D eigenvalue weighted by atomic mass is 10.1. The summed E-state index contributed by atoms with van der Waals surface area (Å²) in [4.78, 5) is 2.54. The van der Waals surface area contributed by atoms with Crippen LogP contribution in [0.1, 0.15) is 44.4 Å². The van der Waals surface area contributed by atoms with Crippen molar-refractivity contribution < 1.29 is 9.16 Å². The van der Waals surface area contributed by atoms with Crippen molar-refractivity contribution in [3.8, 4) is 5.75 Å². The fourth-order valence-electron chi connectivity index (χ4n) is 3.84. The van der Waals surface area contributed by atoms with E-state index in [2.05, 4.69) is 74.4 Å². The van der Waals surface area contributed by atoms with Gasteiger partial charge in [-0.1, -0.05) is 63.2 Å². The van der Waals surface area contributed by atoms with Crippen molar-refractivity contribution in [2.75, 3.05) is 26.7 Å². The highest BCUT2D eigenvalue weighted by molar-refractivity contribution is 6.74. The zero-order chi connectivity index (χ0) is 22.5. The van der Waals surface area contributed by atoms with Gasteiger partial charge >= 0.3 is 0 Å². The van der Waals surface area contributed by atoms with E-state index in [9.17, 15) is 0 Å². The molecule has 0 amide bonds. The number of hydrogen-bond donors (Lipinski definition) is 1. The van der Waals surface area contributed by atoms with E-state index in [0.717, 1.165) is 31.8 Å². The Kier molecular flexibility index (Phi) is 7.97. The van der Waals surface area contributed by atoms with Crippen molar-refractivity contribution in [3.05, 3.63) is 65.7 Å². The minimum absolute atomic E-state index is 0.258. The molecule has 1 N–H and O–H groups in total. The average Bonchev–Trinajstić information content (AvgIpc) is 3.17. The van der Waals surface area contributed by atoms with Crippen molar-refractivity contribution in [2.45, 2.75) is 64.1 Å². The third-order valence-corrected chi connectivity index (χ3v) is 11.3. The Hall–Kier alpha value is -1.66. The molecule has 2 atom stereocenters. The summed E-state index contributed by atoms with van der Waals surface area (Å²) in [7, 11) is 0.328. The Labute approximate surface area is 190 Å². The van der Waals surface area contributed by atoms with Crippen LogP contribution in [0.2, 0.25) is 18.1 Å². The van der Waals surface area contributed by atoms with E-state index in [1.165, 1.54) is 11.1 Å². The predicted molar refractivity (Wildman–Crippen MR) is 132 cm³/mol. The van der Waals surface area contributed by atoms with Crippen molar-refractivity contribution in [3.63, 3.8) is 0 Å². The van der Waals surface area contributed by atoms with Gasteiger partial charge in [-0.3, -0.25) is 4.90 Å². The summed E-state index contributed by atoms with van der Waals surface area (Å²) in [5.74, 6) is 0.919. The molecule has 0 saturated carbocycles. The summed E-state index contributed by atoms with van der Waals surface area (Å²) in [6.45, 7) is 15.3. The Morgan fingerprint density at radius 1 is 1.10 bits per heavy atom. The minimum atomic E-state index is -1.72. The van der Waals surface area contributed by atoms with Crippen LogP contribution in [0.15, 0.2) is 54.6 Å². The van der Waals surface area contributed by atoms with Crippen LogP contribution in [0.5, 0.6) is 5.75 Å². The normalized spacial score (nSPS) is 18.8. The lowest BCUT2D eigenvalue weighted by molar-refractivity contribution is 0.177. The largest absolute Gasteiger partial charge is 0.489 e. The summed E-state index contributed by atoms with van der Waals surface area (Å²) in [5.41, 5.74) is 2.45. The summed E-state index contributed by atoms with van der Waals surface area (Å²) in [6, 6.07) is 19.1. The highest BCUT2D eigenvalue weighted by Crippen LogP contribution is 2.38. The van der Waals surface area contributed by atoms with Crippen molar-refractivity contribution in [2.24, 2.45) is 0 Å². The summed E-state index contributed by atoms with van der Waals surface area (Å²) < 4.78 is 12.7. The van der Waals surface area contributed by atoms with Gasteiger partial charge in [-0.25, -0.2) is 0 Å². The molecule has 31 heavy (non-hydrogen) atoms. The third-order valence-electron chi connectivity index (χ3n) is 6.79. The smallest absolute Gasteiger partial charge is 0.192 e. The maximum Gasteiger partial charge on any atom is 0.192 e. The van der Waals surface area contributed by atoms with Crippen LogP contribution < -0.4 is 10.1 Å². The van der Waals surface area contributed by atoms with Gasteiger partial charge in [0.2, 0.25) is 0 Å². The second-order valence-corrected chi connectivity index (χ2v) is 15.0. The van der Waals surface area contributed by atoms with Crippen molar-refractivity contribution >= 4 is 8.32 Å². The zero-order valence-corrected chi connectivity index (χ0v) is 21.2. The summed E-state index contributed by atoms with van der Waals surface area (Å²) in [5, 5.41) is 3.76. The Morgan fingerprint density at radius 2 is 1.84 bits per heavy atom. The van der Waals surface area contributed by atoms with Crippen LogP contribution >= 0.6 is 0 Å². The molecule has 0 aromatic heterocycles. The van der Waals surface area contributed by atoms with Crippen LogP contribution in [-0.4, -0.2) is 46.0 Å².